The van der Waals surface area contributed by atoms with Crippen LogP contribution in [-0.2, 0) is 42.8 Å². The third kappa shape index (κ3) is 10.9. The maximum Gasteiger partial charge on any atom is 0.407 e. The van der Waals surface area contributed by atoms with Gasteiger partial charge in [0.05, 0.1) is 45.2 Å². The Morgan fingerprint density at radius 2 is 1.58 bits per heavy atom. The highest BCUT2D eigenvalue weighted by molar-refractivity contribution is 5.82. The molecule has 0 bridgehead atoms. The van der Waals surface area contributed by atoms with Crippen molar-refractivity contribution in [2.24, 2.45) is 17.8 Å². The Balaban J connectivity index is 2.41. The van der Waals surface area contributed by atoms with Gasteiger partial charge in [-0.05, 0) is 11.8 Å². The lowest BCUT2D eigenvalue weighted by Crippen LogP contribution is -2.70. The maximum absolute atomic E-state index is 13.3. The number of carbonyl (C=O) groups excluding carboxylic acids is 4. The number of rotatable bonds is 17. The predicted octanol–water partition coefficient (Wildman–Crippen LogP) is -3.14. The number of amides is 3. The third-order valence-corrected chi connectivity index (χ3v) is 8.72. The van der Waals surface area contributed by atoms with Crippen LogP contribution in [0.3, 0.4) is 0 Å². The number of carbonyl (C=O) groups is 4. The standard InChI is InChI=1S/C31H55N3O16/c1-15(2)23(16(3)4)30(34-17(5)36)10-19(38)25(41)21(49-30)14-48-31(28(43)46-7)11-18(37)24(27(50-31)26(42)20(39)13-35)33-22(40)12-32-29(44)47-9-8-45-6/h15-16,18-21,23-27,35,37-39,41-42H,8-14H2,1-7H3,(H,32,44)(H,33,40)(H,34,36)/t18-,19-,20-,21?,24-,25-,26-,27?,30-,31-/m1/s1. The molecular weight excluding hydrogens is 670 g/mol. The molecule has 10 atom stereocenters. The Labute approximate surface area is 290 Å². The Hall–Kier alpha value is -2.72. The lowest BCUT2D eigenvalue weighted by atomic mass is 9.73. The van der Waals surface area contributed by atoms with Crippen LogP contribution < -0.4 is 16.0 Å². The molecule has 0 aromatic carbocycles. The van der Waals surface area contributed by atoms with Crippen molar-refractivity contribution < 1.29 is 78.2 Å². The summed E-state index contributed by atoms with van der Waals surface area (Å²) in [7, 11) is 2.38. The van der Waals surface area contributed by atoms with Gasteiger partial charge >= 0.3 is 12.1 Å². The average Bonchev–Trinajstić information content (AvgIpc) is 3.04. The summed E-state index contributed by atoms with van der Waals surface area (Å²) in [5.74, 6) is -5.66. The molecule has 290 valence electrons. The van der Waals surface area contributed by atoms with Crippen molar-refractivity contribution in [1.29, 1.82) is 0 Å². The van der Waals surface area contributed by atoms with Crippen LogP contribution in [0, 0.1) is 17.8 Å². The van der Waals surface area contributed by atoms with E-state index in [1.807, 2.05) is 27.7 Å². The molecule has 0 spiro atoms. The predicted molar refractivity (Wildman–Crippen MR) is 170 cm³/mol. The normalized spacial score (nSPS) is 31.2. The summed E-state index contributed by atoms with van der Waals surface area (Å²) in [6, 6.07) is -1.55. The summed E-state index contributed by atoms with van der Waals surface area (Å²) < 4.78 is 32.6. The van der Waals surface area contributed by atoms with Crippen LogP contribution in [0.25, 0.3) is 0 Å². The van der Waals surface area contributed by atoms with Crippen LogP contribution in [0.4, 0.5) is 4.79 Å². The van der Waals surface area contributed by atoms with E-state index in [4.69, 9.17) is 28.4 Å². The second kappa shape index (κ2) is 19.2. The fourth-order valence-electron chi connectivity index (χ4n) is 6.79. The number of nitrogens with one attached hydrogen (secondary N) is 3. The average molecular weight is 726 g/mol. The quantitative estimate of drug-likeness (QED) is 0.0529. The molecular formula is C31H55N3O16. The smallest absolute Gasteiger partial charge is 0.407 e. The first-order chi connectivity index (χ1) is 23.4. The van der Waals surface area contributed by atoms with Gasteiger partial charge in [0.1, 0.15) is 49.4 Å². The van der Waals surface area contributed by atoms with Gasteiger partial charge in [0.25, 0.3) is 5.79 Å². The monoisotopic (exact) mass is 725 g/mol. The summed E-state index contributed by atoms with van der Waals surface area (Å²) >= 11 is 0. The molecule has 2 unspecified atom stereocenters. The van der Waals surface area contributed by atoms with E-state index in [9.17, 15) is 49.8 Å². The van der Waals surface area contributed by atoms with Crippen molar-refractivity contribution in [1.82, 2.24) is 16.0 Å². The van der Waals surface area contributed by atoms with Gasteiger partial charge in [0.15, 0.2) is 0 Å². The van der Waals surface area contributed by atoms with Gasteiger partial charge < -0.3 is 75.0 Å². The van der Waals surface area contributed by atoms with E-state index in [-0.39, 0.29) is 37.4 Å². The molecule has 3 amide bonds. The highest BCUT2D eigenvalue weighted by atomic mass is 16.7. The van der Waals surface area contributed by atoms with Crippen LogP contribution >= 0.6 is 0 Å². The van der Waals surface area contributed by atoms with Gasteiger partial charge in [-0.3, -0.25) is 9.59 Å². The number of ether oxygens (including phenoxy) is 6. The van der Waals surface area contributed by atoms with E-state index in [1.54, 1.807) is 0 Å². The number of hydrogen-bond acceptors (Lipinski definition) is 16. The summed E-state index contributed by atoms with van der Waals surface area (Å²) in [6.45, 7) is 6.62. The van der Waals surface area contributed by atoms with Crippen molar-refractivity contribution in [2.45, 2.75) is 108 Å². The van der Waals surface area contributed by atoms with Crippen LogP contribution in [-0.4, -0.2) is 162 Å². The van der Waals surface area contributed by atoms with Gasteiger partial charge in [0.2, 0.25) is 11.8 Å². The molecule has 19 heteroatoms. The number of aliphatic hydroxyl groups is 6. The molecule has 9 N–H and O–H groups in total. The van der Waals surface area contributed by atoms with E-state index in [1.165, 1.54) is 14.0 Å². The van der Waals surface area contributed by atoms with Gasteiger partial charge in [0, 0.05) is 32.8 Å². The van der Waals surface area contributed by atoms with Crippen LogP contribution in [0.1, 0.15) is 47.5 Å². The number of hydrogen-bond donors (Lipinski definition) is 9. The molecule has 19 nitrogen and oxygen atoms in total. The van der Waals surface area contributed by atoms with Crippen molar-refractivity contribution in [3.05, 3.63) is 0 Å². The molecule has 2 fully saturated rings. The fraction of sp³-hybridized carbons (Fsp3) is 0.871. The lowest BCUT2D eigenvalue weighted by Gasteiger charge is -2.52. The molecule has 50 heavy (non-hydrogen) atoms. The number of methoxy groups -OCH3 is 2. The fourth-order valence-corrected chi connectivity index (χ4v) is 6.79. The molecule has 2 aliphatic rings. The molecule has 2 rings (SSSR count). The van der Waals surface area contributed by atoms with Gasteiger partial charge in [-0.25, -0.2) is 9.59 Å². The highest BCUT2D eigenvalue weighted by Crippen LogP contribution is 2.42. The van der Waals surface area contributed by atoms with Crippen LogP contribution in [0.15, 0.2) is 0 Å². The van der Waals surface area contributed by atoms with Crippen molar-refractivity contribution in [3.63, 3.8) is 0 Å². The van der Waals surface area contributed by atoms with E-state index in [0.717, 1.165) is 7.11 Å². The van der Waals surface area contributed by atoms with E-state index < -0.39 is 110 Å². The zero-order valence-corrected chi connectivity index (χ0v) is 29.6. The first-order valence-corrected chi connectivity index (χ1v) is 16.4. The highest BCUT2D eigenvalue weighted by Gasteiger charge is 2.58. The SMILES string of the molecule is COCCOC(=O)NCC(=O)N[C@H]1C([C@H](O)[C@H](O)CO)O[C@@](OCC2O[C@@](NC(C)=O)(C(C(C)C)C(C)C)C[C@@H](O)[C@H]2O)(C(=O)OC)C[C@H]1O. The Bertz CT molecular complexity index is 1120. The van der Waals surface area contributed by atoms with Crippen LogP contribution in [0.2, 0.25) is 0 Å². The van der Waals surface area contributed by atoms with Crippen molar-refractivity contribution in [3.8, 4) is 0 Å². The second-order valence-electron chi connectivity index (χ2n) is 13.2. The largest absolute Gasteiger partial charge is 0.465 e. The first kappa shape index (κ1) is 43.4. The minimum Gasteiger partial charge on any atom is -0.465 e. The number of aliphatic hydroxyl groups excluding tert-OH is 6. The first-order valence-electron chi connectivity index (χ1n) is 16.4. The van der Waals surface area contributed by atoms with Crippen molar-refractivity contribution >= 4 is 23.9 Å². The molecule has 0 aliphatic carbocycles. The molecule has 0 aromatic heterocycles. The molecule has 2 aliphatic heterocycles. The summed E-state index contributed by atoms with van der Waals surface area (Å²) in [6.07, 6.45) is -13.8. The zero-order chi connectivity index (χ0) is 38.0. The van der Waals surface area contributed by atoms with Gasteiger partial charge in [-0.2, -0.15) is 0 Å². The molecule has 2 heterocycles. The minimum absolute atomic E-state index is 0.0760. The Kier molecular flexibility index (Phi) is 16.7. The Morgan fingerprint density at radius 3 is 2.12 bits per heavy atom. The van der Waals surface area contributed by atoms with Crippen LogP contribution in [0.5, 0.6) is 0 Å². The van der Waals surface area contributed by atoms with Gasteiger partial charge in [-0.15, -0.1) is 0 Å². The van der Waals surface area contributed by atoms with E-state index in [0.29, 0.717) is 0 Å². The van der Waals surface area contributed by atoms with E-state index in [2.05, 4.69) is 16.0 Å². The minimum atomic E-state index is -2.56. The summed E-state index contributed by atoms with van der Waals surface area (Å²) in [5, 5.41) is 71.4. The van der Waals surface area contributed by atoms with Crippen molar-refractivity contribution in [2.75, 3.05) is 47.2 Å². The van der Waals surface area contributed by atoms with E-state index >= 15 is 0 Å². The lowest BCUT2D eigenvalue weighted by molar-refractivity contribution is -0.330. The summed E-state index contributed by atoms with van der Waals surface area (Å²) in [4.78, 5) is 50.3. The zero-order valence-electron chi connectivity index (χ0n) is 29.6. The van der Waals surface area contributed by atoms with Gasteiger partial charge in [-0.1, -0.05) is 27.7 Å². The molecule has 0 aromatic rings. The third-order valence-electron chi connectivity index (χ3n) is 8.72. The Morgan fingerprint density at radius 1 is 0.940 bits per heavy atom. The molecule has 2 saturated heterocycles. The maximum atomic E-state index is 13.3. The topological polar surface area (TPSA) is 281 Å². The number of alkyl carbamates (subject to hydrolysis) is 1. The number of esters is 1. The second-order valence-corrected chi connectivity index (χ2v) is 13.2. The molecule has 0 radical (unpaired) electrons. The summed E-state index contributed by atoms with van der Waals surface area (Å²) in [5.41, 5.74) is -1.48. The molecule has 0 saturated carbocycles.